The van der Waals surface area contributed by atoms with E-state index < -0.39 is 5.91 Å². The highest BCUT2D eigenvalue weighted by molar-refractivity contribution is 6.01. The number of rotatable bonds is 2. The van der Waals surface area contributed by atoms with Crippen molar-refractivity contribution in [2.24, 2.45) is 5.73 Å². The topological polar surface area (TPSA) is 72.6 Å². The van der Waals surface area contributed by atoms with Crippen LogP contribution in [0.25, 0.3) is 0 Å². The molecule has 0 radical (unpaired) electrons. The van der Waals surface area contributed by atoms with Crippen molar-refractivity contribution in [3.8, 4) is 0 Å². The third-order valence-electron chi connectivity index (χ3n) is 3.99. The highest BCUT2D eigenvalue weighted by Crippen LogP contribution is 2.31. The molecule has 1 aromatic carbocycles. The van der Waals surface area contributed by atoms with Gasteiger partial charge in [-0.1, -0.05) is 6.07 Å². The van der Waals surface area contributed by atoms with Crippen LogP contribution in [0.4, 0.5) is 5.69 Å². The molecule has 1 atom stereocenters. The van der Waals surface area contributed by atoms with Gasteiger partial charge in [0.15, 0.2) is 0 Å². The first kappa shape index (κ1) is 13.1. The van der Waals surface area contributed by atoms with Crippen molar-refractivity contribution in [2.45, 2.75) is 31.8 Å². The van der Waals surface area contributed by atoms with E-state index in [1.165, 1.54) is 0 Å². The van der Waals surface area contributed by atoms with E-state index >= 15 is 0 Å². The number of carbonyl (C=O) groups excluding carboxylic acids is 2. The Morgan fingerprint density at radius 2 is 2.15 bits per heavy atom. The molecule has 3 rings (SSSR count). The summed E-state index contributed by atoms with van der Waals surface area (Å²) < 4.78 is 5.48. The first-order valence-electron chi connectivity index (χ1n) is 7.03. The van der Waals surface area contributed by atoms with Gasteiger partial charge >= 0.3 is 0 Å². The molecule has 0 spiro atoms. The summed E-state index contributed by atoms with van der Waals surface area (Å²) in [7, 11) is 0. The van der Waals surface area contributed by atoms with E-state index in [1.807, 2.05) is 6.07 Å². The standard InChI is InChI=1S/C15H18N2O3/c16-14(18)11-4-1-6-12-10(11)5-2-8-17(12)15(19)13-7-3-9-20-13/h1,4,6,13H,2-3,5,7-9H2,(H2,16,18). The molecule has 0 aliphatic carbocycles. The van der Waals surface area contributed by atoms with Crippen molar-refractivity contribution >= 4 is 17.5 Å². The van der Waals surface area contributed by atoms with Crippen LogP contribution in [0.15, 0.2) is 18.2 Å². The maximum atomic E-state index is 12.5. The van der Waals surface area contributed by atoms with Gasteiger partial charge in [0, 0.05) is 24.4 Å². The number of carbonyl (C=O) groups is 2. The van der Waals surface area contributed by atoms with E-state index in [1.54, 1.807) is 17.0 Å². The SMILES string of the molecule is NC(=O)c1cccc2c1CCCN2C(=O)C1CCCO1. The number of benzene rings is 1. The fourth-order valence-electron chi connectivity index (χ4n) is 3.03. The first-order valence-corrected chi connectivity index (χ1v) is 7.03. The van der Waals surface area contributed by atoms with Crippen LogP contribution in [0, 0.1) is 0 Å². The lowest BCUT2D eigenvalue weighted by Gasteiger charge is -2.32. The molecular formula is C15H18N2O3. The fraction of sp³-hybridized carbons (Fsp3) is 0.467. The molecule has 5 heteroatoms. The molecule has 106 valence electrons. The fourth-order valence-corrected chi connectivity index (χ4v) is 3.03. The van der Waals surface area contributed by atoms with Crippen molar-refractivity contribution in [3.63, 3.8) is 0 Å². The van der Waals surface area contributed by atoms with Crippen LogP contribution in [-0.2, 0) is 16.0 Å². The highest BCUT2D eigenvalue weighted by Gasteiger charge is 2.32. The maximum absolute atomic E-state index is 12.5. The van der Waals surface area contributed by atoms with Gasteiger partial charge in [0.05, 0.1) is 0 Å². The molecule has 0 saturated carbocycles. The van der Waals surface area contributed by atoms with E-state index in [0.717, 1.165) is 36.9 Å². The Labute approximate surface area is 117 Å². The van der Waals surface area contributed by atoms with Crippen LogP contribution in [0.1, 0.15) is 35.2 Å². The van der Waals surface area contributed by atoms with Gasteiger partial charge in [-0.25, -0.2) is 0 Å². The lowest BCUT2D eigenvalue weighted by Crippen LogP contribution is -2.42. The van der Waals surface area contributed by atoms with Gasteiger partial charge < -0.3 is 15.4 Å². The van der Waals surface area contributed by atoms with Crippen molar-refractivity contribution in [3.05, 3.63) is 29.3 Å². The minimum atomic E-state index is -0.437. The van der Waals surface area contributed by atoms with E-state index in [0.29, 0.717) is 18.7 Å². The lowest BCUT2D eigenvalue weighted by atomic mass is 9.95. The summed E-state index contributed by atoms with van der Waals surface area (Å²) in [6.07, 6.45) is 3.00. The van der Waals surface area contributed by atoms with E-state index in [9.17, 15) is 9.59 Å². The molecule has 2 N–H and O–H groups in total. The first-order chi connectivity index (χ1) is 9.68. The van der Waals surface area contributed by atoms with Crippen molar-refractivity contribution < 1.29 is 14.3 Å². The van der Waals surface area contributed by atoms with Crippen LogP contribution in [-0.4, -0.2) is 31.1 Å². The molecule has 1 unspecified atom stereocenters. The Hall–Kier alpha value is -1.88. The van der Waals surface area contributed by atoms with Gasteiger partial charge in [0.1, 0.15) is 6.10 Å². The van der Waals surface area contributed by atoms with Crippen molar-refractivity contribution in [2.75, 3.05) is 18.1 Å². The van der Waals surface area contributed by atoms with Crippen molar-refractivity contribution in [1.29, 1.82) is 0 Å². The number of fused-ring (bicyclic) bond motifs is 1. The smallest absolute Gasteiger partial charge is 0.256 e. The Kier molecular flexibility index (Phi) is 3.44. The summed E-state index contributed by atoms with van der Waals surface area (Å²) in [6, 6.07) is 5.38. The number of nitrogens with two attached hydrogens (primary N) is 1. The largest absolute Gasteiger partial charge is 0.368 e. The zero-order valence-electron chi connectivity index (χ0n) is 11.3. The maximum Gasteiger partial charge on any atom is 0.256 e. The van der Waals surface area contributed by atoms with Crippen molar-refractivity contribution in [1.82, 2.24) is 0 Å². The van der Waals surface area contributed by atoms with Crippen LogP contribution in [0.5, 0.6) is 0 Å². The predicted molar refractivity (Wildman–Crippen MR) is 74.6 cm³/mol. The number of amides is 2. The van der Waals surface area contributed by atoms with Gasteiger partial charge in [-0.2, -0.15) is 0 Å². The molecule has 2 aliphatic heterocycles. The zero-order valence-corrected chi connectivity index (χ0v) is 11.3. The summed E-state index contributed by atoms with van der Waals surface area (Å²) in [5.41, 5.74) is 7.63. The molecular weight excluding hydrogens is 256 g/mol. The summed E-state index contributed by atoms with van der Waals surface area (Å²) in [5.74, 6) is -0.432. The molecule has 0 aromatic heterocycles. The zero-order chi connectivity index (χ0) is 14.1. The molecule has 1 aromatic rings. The number of primary amides is 1. The number of hydrogen-bond acceptors (Lipinski definition) is 3. The molecule has 1 saturated heterocycles. The summed E-state index contributed by atoms with van der Waals surface area (Å²) in [6.45, 7) is 1.33. The second kappa shape index (κ2) is 5.25. The Balaban J connectivity index is 1.95. The number of anilines is 1. The van der Waals surface area contributed by atoms with E-state index in [4.69, 9.17) is 10.5 Å². The highest BCUT2D eigenvalue weighted by atomic mass is 16.5. The number of nitrogens with zero attached hydrogens (tertiary/aromatic N) is 1. The average molecular weight is 274 g/mol. The second-order valence-electron chi connectivity index (χ2n) is 5.26. The minimum Gasteiger partial charge on any atom is -0.368 e. The van der Waals surface area contributed by atoms with Crippen LogP contribution in [0.3, 0.4) is 0 Å². The van der Waals surface area contributed by atoms with Gasteiger partial charge in [-0.3, -0.25) is 9.59 Å². The Morgan fingerprint density at radius 1 is 1.30 bits per heavy atom. The Bertz CT molecular complexity index is 550. The molecule has 20 heavy (non-hydrogen) atoms. The normalized spacial score (nSPS) is 21.6. The predicted octanol–water partition coefficient (Wildman–Crippen LogP) is 1.24. The van der Waals surface area contributed by atoms with Crippen LogP contribution >= 0.6 is 0 Å². The third-order valence-corrected chi connectivity index (χ3v) is 3.99. The molecule has 1 fully saturated rings. The summed E-state index contributed by atoms with van der Waals surface area (Å²) in [5, 5.41) is 0. The van der Waals surface area contributed by atoms with Crippen LogP contribution in [0.2, 0.25) is 0 Å². The van der Waals surface area contributed by atoms with Gasteiger partial charge in [-0.15, -0.1) is 0 Å². The van der Waals surface area contributed by atoms with Gasteiger partial charge in [0.25, 0.3) is 5.91 Å². The summed E-state index contributed by atoms with van der Waals surface area (Å²) in [4.78, 5) is 25.8. The Morgan fingerprint density at radius 3 is 2.85 bits per heavy atom. The lowest BCUT2D eigenvalue weighted by molar-refractivity contribution is -0.127. The van der Waals surface area contributed by atoms with Gasteiger partial charge in [0.2, 0.25) is 5.91 Å². The second-order valence-corrected chi connectivity index (χ2v) is 5.26. The molecule has 2 amide bonds. The molecule has 2 heterocycles. The van der Waals surface area contributed by atoms with E-state index in [-0.39, 0.29) is 12.0 Å². The minimum absolute atomic E-state index is 0.00469. The third kappa shape index (κ3) is 2.18. The molecule has 2 aliphatic rings. The number of ether oxygens (including phenoxy) is 1. The van der Waals surface area contributed by atoms with E-state index in [2.05, 4.69) is 0 Å². The summed E-state index contributed by atoms with van der Waals surface area (Å²) >= 11 is 0. The monoisotopic (exact) mass is 274 g/mol. The quantitative estimate of drug-likeness (QED) is 0.882. The van der Waals surface area contributed by atoms with Gasteiger partial charge in [-0.05, 0) is 43.4 Å². The number of hydrogen-bond donors (Lipinski definition) is 1. The van der Waals surface area contributed by atoms with Crippen LogP contribution < -0.4 is 10.6 Å². The average Bonchev–Trinajstić information content (AvgIpc) is 2.99. The molecule has 0 bridgehead atoms. The molecule has 5 nitrogen and oxygen atoms in total.